The molecule has 8 heteroatoms. The molecule has 1 aliphatic rings. The third-order valence-electron chi connectivity index (χ3n) is 4.77. The highest BCUT2D eigenvalue weighted by atomic mass is 19.4. The van der Waals surface area contributed by atoms with E-state index in [-0.39, 0.29) is 18.4 Å². The van der Waals surface area contributed by atoms with Gasteiger partial charge in [0.15, 0.2) is 0 Å². The third-order valence-corrected chi connectivity index (χ3v) is 4.77. The van der Waals surface area contributed by atoms with Gasteiger partial charge in [0.1, 0.15) is 5.82 Å². The molecule has 2 aromatic carbocycles. The molecule has 2 N–H and O–H groups in total. The number of carbonyl (C=O) groups excluding carboxylic acids is 1. The van der Waals surface area contributed by atoms with E-state index in [1.54, 1.807) is 24.3 Å². The summed E-state index contributed by atoms with van der Waals surface area (Å²) in [6.07, 6.45) is -3.85. The molecule has 0 unspecified atom stereocenters. The van der Waals surface area contributed by atoms with Crippen molar-refractivity contribution in [2.45, 2.75) is 37.3 Å². The van der Waals surface area contributed by atoms with Crippen LogP contribution in [0.3, 0.4) is 0 Å². The minimum Gasteiger partial charge on any atom is -0.481 e. The molecule has 0 radical (unpaired) electrons. The van der Waals surface area contributed by atoms with Crippen molar-refractivity contribution in [2.75, 3.05) is 5.32 Å². The summed E-state index contributed by atoms with van der Waals surface area (Å²) >= 11 is 0. The van der Waals surface area contributed by atoms with Gasteiger partial charge in [-0.1, -0.05) is 12.1 Å². The first-order valence-corrected chi connectivity index (χ1v) is 8.61. The number of aliphatic carboxylic acids is 1. The first-order valence-electron chi connectivity index (χ1n) is 8.61. The molecule has 1 aliphatic carbocycles. The van der Waals surface area contributed by atoms with E-state index in [2.05, 4.69) is 5.32 Å². The predicted molar refractivity (Wildman–Crippen MR) is 93.3 cm³/mol. The maximum absolute atomic E-state index is 13.7. The SMILES string of the molecule is O=C(O)CCc1cccc(NC(=O)C2(c3cc(F)cc(C(F)(F)F)c3)CC2)c1. The molecular formula is C20H17F4NO3. The van der Waals surface area contributed by atoms with E-state index in [0.29, 0.717) is 30.2 Å². The summed E-state index contributed by atoms with van der Waals surface area (Å²) in [5, 5.41) is 11.4. The summed E-state index contributed by atoms with van der Waals surface area (Å²) in [5.74, 6) is -2.50. The van der Waals surface area contributed by atoms with Crippen molar-refractivity contribution < 1.29 is 32.3 Å². The highest BCUT2D eigenvalue weighted by Crippen LogP contribution is 2.50. The van der Waals surface area contributed by atoms with Gasteiger partial charge in [-0.3, -0.25) is 9.59 Å². The maximum atomic E-state index is 13.7. The molecule has 148 valence electrons. The Morgan fingerprint density at radius 1 is 1.11 bits per heavy atom. The first kappa shape index (κ1) is 19.9. The Hall–Kier alpha value is -2.90. The highest BCUT2D eigenvalue weighted by Gasteiger charge is 2.52. The van der Waals surface area contributed by atoms with E-state index in [4.69, 9.17) is 5.11 Å². The van der Waals surface area contributed by atoms with E-state index in [1.807, 2.05) is 0 Å². The molecule has 28 heavy (non-hydrogen) atoms. The second kappa shape index (κ2) is 7.26. The van der Waals surface area contributed by atoms with E-state index < -0.39 is 34.8 Å². The minimum atomic E-state index is -4.71. The van der Waals surface area contributed by atoms with Crippen LogP contribution in [0.5, 0.6) is 0 Å². The van der Waals surface area contributed by atoms with Gasteiger partial charge in [0.25, 0.3) is 0 Å². The molecule has 0 heterocycles. The average Bonchev–Trinajstić information content (AvgIpc) is 3.41. The largest absolute Gasteiger partial charge is 0.481 e. The quantitative estimate of drug-likeness (QED) is 0.706. The number of nitrogens with one attached hydrogen (secondary N) is 1. The molecule has 0 saturated heterocycles. The molecule has 3 rings (SSSR count). The van der Waals surface area contributed by atoms with E-state index >= 15 is 0 Å². The Balaban J connectivity index is 1.81. The van der Waals surface area contributed by atoms with Crippen LogP contribution in [-0.2, 0) is 27.6 Å². The second-order valence-corrected chi connectivity index (χ2v) is 6.86. The van der Waals surface area contributed by atoms with Gasteiger partial charge in [0.05, 0.1) is 11.0 Å². The zero-order chi connectivity index (χ0) is 20.5. The summed E-state index contributed by atoms with van der Waals surface area (Å²) in [6.45, 7) is 0. The van der Waals surface area contributed by atoms with Crippen molar-refractivity contribution in [3.63, 3.8) is 0 Å². The minimum absolute atomic E-state index is 0.000596. The molecule has 0 aromatic heterocycles. The molecule has 1 saturated carbocycles. The number of carboxylic acids is 1. The van der Waals surface area contributed by atoms with Crippen LogP contribution in [0.15, 0.2) is 42.5 Å². The number of aryl methyl sites for hydroxylation is 1. The number of carbonyl (C=O) groups is 2. The standard InChI is InChI=1S/C20H17F4NO3/c21-15-10-13(9-14(11-15)20(22,23)24)19(6-7-19)18(28)25-16-3-1-2-12(8-16)4-5-17(26)27/h1-3,8-11H,4-7H2,(H,25,28)(H,26,27). The Labute approximate surface area is 158 Å². The summed E-state index contributed by atoms with van der Waals surface area (Å²) < 4.78 is 52.6. The normalized spacial score (nSPS) is 15.1. The summed E-state index contributed by atoms with van der Waals surface area (Å²) in [4.78, 5) is 23.4. The fourth-order valence-corrected chi connectivity index (χ4v) is 3.11. The Morgan fingerprint density at radius 3 is 2.43 bits per heavy atom. The Kier molecular flexibility index (Phi) is 5.14. The molecule has 0 bridgehead atoms. The van der Waals surface area contributed by atoms with Crippen molar-refractivity contribution >= 4 is 17.6 Å². The van der Waals surface area contributed by atoms with Gasteiger partial charge in [0.2, 0.25) is 5.91 Å². The number of amides is 1. The molecule has 0 atom stereocenters. The Bertz CT molecular complexity index is 920. The van der Waals surface area contributed by atoms with Gasteiger partial charge >= 0.3 is 12.1 Å². The molecule has 0 aliphatic heterocycles. The van der Waals surface area contributed by atoms with E-state index in [9.17, 15) is 27.2 Å². The van der Waals surface area contributed by atoms with Crippen LogP contribution in [0, 0.1) is 5.82 Å². The molecule has 1 amide bonds. The summed E-state index contributed by atoms with van der Waals surface area (Å²) in [7, 11) is 0. The molecule has 2 aromatic rings. The third kappa shape index (κ3) is 4.32. The van der Waals surface area contributed by atoms with Crippen LogP contribution in [0.2, 0.25) is 0 Å². The van der Waals surface area contributed by atoms with Gasteiger partial charge in [-0.2, -0.15) is 13.2 Å². The fourth-order valence-electron chi connectivity index (χ4n) is 3.11. The number of anilines is 1. The molecular weight excluding hydrogens is 378 g/mol. The van der Waals surface area contributed by atoms with Crippen LogP contribution in [0.4, 0.5) is 23.2 Å². The molecule has 0 spiro atoms. The second-order valence-electron chi connectivity index (χ2n) is 6.86. The van der Waals surface area contributed by atoms with Gasteiger partial charge < -0.3 is 10.4 Å². The van der Waals surface area contributed by atoms with Crippen molar-refractivity contribution in [1.29, 1.82) is 0 Å². The monoisotopic (exact) mass is 395 g/mol. The lowest BCUT2D eigenvalue weighted by Gasteiger charge is -2.18. The number of hydrogen-bond acceptors (Lipinski definition) is 2. The first-order chi connectivity index (χ1) is 13.1. The number of hydrogen-bond donors (Lipinski definition) is 2. The predicted octanol–water partition coefficient (Wildman–Crippen LogP) is 4.53. The smallest absolute Gasteiger partial charge is 0.416 e. The van der Waals surface area contributed by atoms with Gasteiger partial charge in [-0.25, -0.2) is 4.39 Å². The van der Waals surface area contributed by atoms with Crippen molar-refractivity contribution in [1.82, 2.24) is 0 Å². The number of halogens is 4. The van der Waals surface area contributed by atoms with E-state index in [1.165, 1.54) is 0 Å². The lowest BCUT2D eigenvalue weighted by atomic mass is 9.92. The van der Waals surface area contributed by atoms with Crippen molar-refractivity contribution in [3.05, 3.63) is 65.0 Å². The summed E-state index contributed by atoms with van der Waals surface area (Å²) in [6, 6.07) is 8.77. The summed E-state index contributed by atoms with van der Waals surface area (Å²) in [5.41, 5.74) is -1.21. The van der Waals surface area contributed by atoms with Crippen LogP contribution in [0.1, 0.15) is 36.0 Å². The topological polar surface area (TPSA) is 66.4 Å². The van der Waals surface area contributed by atoms with Crippen molar-refractivity contribution in [2.24, 2.45) is 0 Å². The number of carboxylic acid groups (broad SMARTS) is 1. The van der Waals surface area contributed by atoms with Gasteiger partial charge in [0, 0.05) is 12.1 Å². The zero-order valence-corrected chi connectivity index (χ0v) is 14.6. The van der Waals surface area contributed by atoms with Crippen LogP contribution in [-0.4, -0.2) is 17.0 Å². The fraction of sp³-hybridized carbons (Fsp3) is 0.300. The molecule has 1 fully saturated rings. The van der Waals surface area contributed by atoms with Crippen LogP contribution >= 0.6 is 0 Å². The lowest BCUT2D eigenvalue weighted by Crippen LogP contribution is -2.28. The van der Waals surface area contributed by atoms with E-state index in [0.717, 1.165) is 12.1 Å². The number of benzene rings is 2. The van der Waals surface area contributed by atoms with Crippen LogP contribution < -0.4 is 5.32 Å². The van der Waals surface area contributed by atoms with Gasteiger partial charge in [-0.15, -0.1) is 0 Å². The highest BCUT2D eigenvalue weighted by molar-refractivity contribution is 6.01. The average molecular weight is 395 g/mol. The lowest BCUT2D eigenvalue weighted by molar-refractivity contribution is -0.138. The van der Waals surface area contributed by atoms with Crippen molar-refractivity contribution in [3.8, 4) is 0 Å². The van der Waals surface area contributed by atoms with Gasteiger partial charge in [-0.05, 0) is 60.7 Å². The number of alkyl halides is 3. The Morgan fingerprint density at radius 2 is 1.82 bits per heavy atom. The molecule has 4 nitrogen and oxygen atoms in total. The maximum Gasteiger partial charge on any atom is 0.416 e. The number of rotatable bonds is 6. The van der Waals surface area contributed by atoms with Crippen LogP contribution in [0.25, 0.3) is 0 Å². The zero-order valence-electron chi connectivity index (χ0n) is 14.6.